The molecule has 0 aromatic carbocycles. The lowest BCUT2D eigenvalue weighted by molar-refractivity contribution is 0.00578. The molecule has 0 spiro atoms. The Kier molecular flexibility index (Phi) is 2.20. The van der Waals surface area contributed by atoms with Crippen LogP contribution < -0.4 is 5.59 Å². The van der Waals surface area contributed by atoms with Gasteiger partial charge >= 0.3 is 7.12 Å². The maximum absolute atomic E-state index is 6.00. The van der Waals surface area contributed by atoms with Gasteiger partial charge < -0.3 is 9.31 Å². The molecular formula is C11H18BN3O2. The number of hydrogen-bond donors (Lipinski definition) is 0. The van der Waals surface area contributed by atoms with Crippen LogP contribution in [0.4, 0.5) is 0 Å². The molecule has 0 N–H and O–H groups in total. The number of aromatic nitrogens is 3. The smallest absolute Gasteiger partial charge is 0.398 e. The van der Waals surface area contributed by atoms with Crippen molar-refractivity contribution >= 4 is 12.7 Å². The fourth-order valence-corrected chi connectivity index (χ4v) is 1.99. The Morgan fingerprint density at radius 1 is 1.24 bits per heavy atom. The van der Waals surface area contributed by atoms with Crippen LogP contribution in [0.1, 0.15) is 46.6 Å². The molecule has 2 heterocycles. The van der Waals surface area contributed by atoms with E-state index in [1.165, 1.54) is 12.8 Å². The highest BCUT2D eigenvalue weighted by Gasteiger charge is 2.53. The van der Waals surface area contributed by atoms with Gasteiger partial charge in [0.15, 0.2) is 0 Å². The SMILES string of the molecule is CC1(C)OB(c2cnnn2C2CC2)OC1(C)C. The van der Waals surface area contributed by atoms with Crippen molar-refractivity contribution in [3.63, 3.8) is 0 Å². The molecule has 0 bridgehead atoms. The van der Waals surface area contributed by atoms with Crippen molar-refractivity contribution in [2.45, 2.75) is 57.8 Å². The van der Waals surface area contributed by atoms with E-state index >= 15 is 0 Å². The van der Waals surface area contributed by atoms with Crippen molar-refractivity contribution in [1.29, 1.82) is 0 Å². The summed E-state index contributed by atoms with van der Waals surface area (Å²) in [7, 11) is -0.351. The van der Waals surface area contributed by atoms with Crippen molar-refractivity contribution in [2.75, 3.05) is 0 Å². The molecule has 17 heavy (non-hydrogen) atoms. The van der Waals surface area contributed by atoms with Gasteiger partial charge in [0.2, 0.25) is 0 Å². The van der Waals surface area contributed by atoms with Gasteiger partial charge in [0, 0.05) is 0 Å². The van der Waals surface area contributed by atoms with Gasteiger partial charge in [-0.3, -0.25) is 0 Å². The van der Waals surface area contributed by atoms with Gasteiger partial charge in [-0.05, 0) is 40.5 Å². The Labute approximate surface area is 102 Å². The Hall–Kier alpha value is -0.875. The molecular weight excluding hydrogens is 217 g/mol. The Bertz CT molecular complexity index is 424. The minimum absolute atomic E-state index is 0.309. The lowest BCUT2D eigenvalue weighted by Crippen LogP contribution is -2.41. The molecule has 1 saturated heterocycles. The first-order chi connectivity index (χ1) is 7.91. The molecule has 1 aliphatic heterocycles. The topological polar surface area (TPSA) is 49.2 Å². The van der Waals surface area contributed by atoms with Gasteiger partial charge in [-0.25, -0.2) is 4.68 Å². The lowest BCUT2D eigenvalue weighted by atomic mass is 9.85. The molecule has 0 atom stereocenters. The van der Waals surface area contributed by atoms with Crippen LogP contribution in [0.5, 0.6) is 0 Å². The minimum atomic E-state index is -0.351. The van der Waals surface area contributed by atoms with Crippen molar-refractivity contribution in [3.8, 4) is 0 Å². The molecule has 0 unspecified atom stereocenters. The molecule has 2 fully saturated rings. The zero-order chi connectivity index (χ0) is 12.3. The molecule has 3 rings (SSSR count). The fraction of sp³-hybridized carbons (Fsp3) is 0.818. The van der Waals surface area contributed by atoms with Gasteiger partial charge in [-0.2, -0.15) is 0 Å². The predicted molar refractivity (Wildman–Crippen MR) is 64.0 cm³/mol. The monoisotopic (exact) mass is 235 g/mol. The normalized spacial score (nSPS) is 26.5. The molecule has 0 radical (unpaired) electrons. The zero-order valence-corrected chi connectivity index (χ0v) is 10.8. The third-order valence-corrected chi connectivity index (χ3v) is 3.99. The van der Waals surface area contributed by atoms with Gasteiger partial charge in [0.05, 0.1) is 29.0 Å². The molecule has 5 nitrogen and oxygen atoms in total. The van der Waals surface area contributed by atoms with E-state index in [1.807, 2.05) is 4.68 Å². The minimum Gasteiger partial charge on any atom is -0.398 e. The average molecular weight is 235 g/mol. The van der Waals surface area contributed by atoms with Crippen molar-refractivity contribution in [3.05, 3.63) is 6.20 Å². The second-order valence-corrected chi connectivity index (χ2v) is 5.92. The average Bonchev–Trinajstić information content (AvgIpc) is 2.88. The summed E-state index contributed by atoms with van der Waals surface area (Å²) in [5.74, 6) is 0. The third-order valence-electron chi connectivity index (χ3n) is 3.99. The third kappa shape index (κ3) is 1.70. The van der Waals surface area contributed by atoms with E-state index < -0.39 is 0 Å². The Morgan fingerprint density at radius 2 is 1.82 bits per heavy atom. The van der Waals surface area contributed by atoms with Crippen LogP contribution in [0.2, 0.25) is 0 Å². The van der Waals surface area contributed by atoms with Gasteiger partial charge in [0.1, 0.15) is 0 Å². The van der Waals surface area contributed by atoms with E-state index in [0.717, 1.165) is 5.59 Å². The number of nitrogens with zero attached hydrogens (tertiary/aromatic N) is 3. The summed E-state index contributed by atoms with van der Waals surface area (Å²) in [6.07, 6.45) is 4.10. The highest BCUT2D eigenvalue weighted by Crippen LogP contribution is 2.38. The molecule has 1 aliphatic carbocycles. The first-order valence-electron chi connectivity index (χ1n) is 6.16. The van der Waals surface area contributed by atoms with Crippen LogP contribution >= 0.6 is 0 Å². The van der Waals surface area contributed by atoms with Crippen LogP contribution in [0.25, 0.3) is 0 Å². The lowest BCUT2D eigenvalue weighted by Gasteiger charge is -2.32. The van der Waals surface area contributed by atoms with Crippen LogP contribution in [0, 0.1) is 0 Å². The first-order valence-corrected chi connectivity index (χ1v) is 6.16. The van der Waals surface area contributed by atoms with Gasteiger partial charge in [-0.1, -0.05) is 5.21 Å². The van der Waals surface area contributed by atoms with Crippen LogP contribution in [0.3, 0.4) is 0 Å². The summed E-state index contributed by atoms with van der Waals surface area (Å²) >= 11 is 0. The summed E-state index contributed by atoms with van der Waals surface area (Å²) in [6.45, 7) is 8.22. The standard InChI is InChI=1S/C11H18BN3O2/c1-10(2)11(3,4)17-12(16-10)9-7-13-14-15(9)8-5-6-8/h7-8H,5-6H2,1-4H3. The molecule has 1 saturated carbocycles. The summed E-state index contributed by atoms with van der Waals surface area (Å²) in [4.78, 5) is 0. The first kappa shape index (κ1) is 11.2. The highest BCUT2D eigenvalue weighted by atomic mass is 16.7. The van der Waals surface area contributed by atoms with E-state index in [0.29, 0.717) is 6.04 Å². The Morgan fingerprint density at radius 3 is 2.35 bits per heavy atom. The van der Waals surface area contributed by atoms with Crippen LogP contribution in [0.15, 0.2) is 6.20 Å². The van der Waals surface area contributed by atoms with Gasteiger partial charge in [0.25, 0.3) is 0 Å². The highest BCUT2D eigenvalue weighted by molar-refractivity contribution is 6.61. The Balaban J connectivity index is 1.89. The van der Waals surface area contributed by atoms with Crippen molar-refractivity contribution in [1.82, 2.24) is 15.0 Å². The largest absolute Gasteiger partial charge is 0.515 e. The van der Waals surface area contributed by atoms with Crippen LogP contribution in [-0.2, 0) is 9.31 Å². The van der Waals surface area contributed by atoms with Crippen LogP contribution in [-0.4, -0.2) is 33.3 Å². The van der Waals surface area contributed by atoms with E-state index in [2.05, 4.69) is 38.0 Å². The van der Waals surface area contributed by atoms with Crippen molar-refractivity contribution < 1.29 is 9.31 Å². The number of hydrogen-bond acceptors (Lipinski definition) is 4. The quantitative estimate of drug-likeness (QED) is 0.715. The predicted octanol–water partition coefficient (Wildman–Crippen LogP) is 0.912. The molecule has 1 aromatic heterocycles. The summed E-state index contributed by atoms with van der Waals surface area (Å²) in [6, 6.07) is 0.492. The molecule has 92 valence electrons. The molecule has 0 amide bonds. The molecule has 1 aromatic rings. The summed E-state index contributed by atoms with van der Waals surface area (Å²) in [5.41, 5.74) is 0.318. The molecule has 2 aliphatic rings. The van der Waals surface area contributed by atoms with Gasteiger partial charge in [-0.15, -0.1) is 5.10 Å². The van der Waals surface area contributed by atoms with E-state index in [9.17, 15) is 0 Å². The summed E-state index contributed by atoms with van der Waals surface area (Å²) < 4.78 is 14.0. The van der Waals surface area contributed by atoms with E-state index in [4.69, 9.17) is 9.31 Å². The second kappa shape index (κ2) is 3.33. The number of rotatable bonds is 2. The van der Waals surface area contributed by atoms with E-state index in [-0.39, 0.29) is 18.3 Å². The fourth-order valence-electron chi connectivity index (χ4n) is 1.99. The van der Waals surface area contributed by atoms with E-state index in [1.54, 1.807) is 6.20 Å². The zero-order valence-electron chi connectivity index (χ0n) is 10.8. The van der Waals surface area contributed by atoms with Crippen molar-refractivity contribution in [2.24, 2.45) is 0 Å². The molecule has 6 heteroatoms. The maximum atomic E-state index is 6.00. The maximum Gasteiger partial charge on any atom is 0.515 e. The summed E-state index contributed by atoms with van der Waals surface area (Å²) in [5, 5.41) is 8.10. The second-order valence-electron chi connectivity index (χ2n) is 5.92.